The first-order chi connectivity index (χ1) is 9.01. The van der Waals surface area contributed by atoms with Crippen molar-refractivity contribution in [1.82, 2.24) is 15.5 Å². The molecule has 3 N–H and O–H groups in total. The second-order valence-electron chi connectivity index (χ2n) is 4.06. The van der Waals surface area contributed by atoms with Crippen LogP contribution in [0.15, 0.2) is 0 Å². The van der Waals surface area contributed by atoms with Crippen LogP contribution in [0, 0.1) is 0 Å². The Morgan fingerprint density at radius 3 is 2.26 bits per heavy atom. The van der Waals surface area contributed by atoms with Crippen LogP contribution >= 0.6 is 0 Å². The van der Waals surface area contributed by atoms with Crippen LogP contribution in [-0.4, -0.2) is 54.1 Å². The van der Waals surface area contributed by atoms with Gasteiger partial charge in [0, 0.05) is 32.6 Å². The van der Waals surface area contributed by atoms with Gasteiger partial charge in [-0.3, -0.25) is 9.59 Å². The third-order valence-corrected chi connectivity index (χ3v) is 2.46. The van der Waals surface area contributed by atoms with E-state index >= 15 is 0 Å². The molecule has 0 aliphatic rings. The Morgan fingerprint density at radius 2 is 1.74 bits per heavy atom. The standard InChI is InChI=1S/C12H23N3O4/c1-3-7-13-10(16)5-8-14-12(19)15(4-2)9-6-11(17)18/h3-9H2,1-2H3,(H,13,16)(H,14,19)(H,17,18). The van der Waals surface area contributed by atoms with E-state index in [0.717, 1.165) is 6.42 Å². The molecular weight excluding hydrogens is 250 g/mol. The average Bonchev–Trinajstić information content (AvgIpc) is 2.36. The van der Waals surface area contributed by atoms with Crippen LogP contribution in [-0.2, 0) is 9.59 Å². The molecule has 3 amide bonds. The summed E-state index contributed by atoms with van der Waals surface area (Å²) in [5.74, 6) is -1.04. The number of carbonyl (C=O) groups is 3. The van der Waals surface area contributed by atoms with Gasteiger partial charge in [0.05, 0.1) is 6.42 Å². The lowest BCUT2D eigenvalue weighted by Crippen LogP contribution is -2.42. The van der Waals surface area contributed by atoms with Gasteiger partial charge in [-0.2, -0.15) is 0 Å². The summed E-state index contributed by atoms with van der Waals surface area (Å²) in [4.78, 5) is 34.8. The summed E-state index contributed by atoms with van der Waals surface area (Å²) in [7, 11) is 0. The second-order valence-corrected chi connectivity index (χ2v) is 4.06. The van der Waals surface area contributed by atoms with Gasteiger partial charge in [-0.15, -0.1) is 0 Å². The lowest BCUT2D eigenvalue weighted by Gasteiger charge is -2.20. The van der Waals surface area contributed by atoms with Crippen molar-refractivity contribution < 1.29 is 19.5 Å². The van der Waals surface area contributed by atoms with Gasteiger partial charge in [0.2, 0.25) is 5.91 Å². The maximum absolute atomic E-state index is 11.7. The number of carbonyl (C=O) groups excluding carboxylic acids is 2. The van der Waals surface area contributed by atoms with Crippen LogP contribution in [0.2, 0.25) is 0 Å². The topological polar surface area (TPSA) is 98.7 Å². The average molecular weight is 273 g/mol. The fourth-order valence-electron chi connectivity index (χ4n) is 1.38. The van der Waals surface area contributed by atoms with Crippen molar-refractivity contribution in [1.29, 1.82) is 0 Å². The highest BCUT2D eigenvalue weighted by molar-refractivity contribution is 5.78. The van der Waals surface area contributed by atoms with E-state index in [4.69, 9.17) is 5.11 Å². The highest BCUT2D eigenvalue weighted by atomic mass is 16.4. The molecule has 0 radical (unpaired) electrons. The van der Waals surface area contributed by atoms with Crippen molar-refractivity contribution in [2.75, 3.05) is 26.2 Å². The van der Waals surface area contributed by atoms with Crippen molar-refractivity contribution in [3.05, 3.63) is 0 Å². The number of carboxylic acids is 1. The normalized spacial score (nSPS) is 9.79. The third kappa shape index (κ3) is 8.87. The SMILES string of the molecule is CCCNC(=O)CCNC(=O)N(CC)CCC(=O)O. The summed E-state index contributed by atoms with van der Waals surface area (Å²) in [6.45, 7) is 5.21. The Kier molecular flexibility index (Phi) is 9.20. The first-order valence-electron chi connectivity index (χ1n) is 6.52. The zero-order chi connectivity index (χ0) is 14.7. The van der Waals surface area contributed by atoms with Gasteiger partial charge >= 0.3 is 12.0 Å². The maximum atomic E-state index is 11.7. The van der Waals surface area contributed by atoms with Gasteiger partial charge in [-0.25, -0.2) is 4.79 Å². The summed E-state index contributed by atoms with van der Waals surface area (Å²) in [6.07, 6.45) is 1.01. The Hall–Kier alpha value is -1.79. The largest absolute Gasteiger partial charge is 0.481 e. The Morgan fingerprint density at radius 1 is 1.05 bits per heavy atom. The van der Waals surface area contributed by atoms with Crippen LogP contribution in [0.25, 0.3) is 0 Å². The lowest BCUT2D eigenvalue weighted by atomic mass is 10.3. The molecule has 0 aromatic carbocycles. The van der Waals surface area contributed by atoms with Crippen molar-refractivity contribution in [3.63, 3.8) is 0 Å². The van der Waals surface area contributed by atoms with E-state index in [-0.39, 0.29) is 37.9 Å². The first-order valence-corrected chi connectivity index (χ1v) is 6.52. The summed E-state index contributed by atoms with van der Waals surface area (Å²) in [5, 5.41) is 13.9. The van der Waals surface area contributed by atoms with E-state index in [0.29, 0.717) is 13.1 Å². The second kappa shape index (κ2) is 10.2. The van der Waals surface area contributed by atoms with Crippen LogP contribution in [0.3, 0.4) is 0 Å². The van der Waals surface area contributed by atoms with Gasteiger partial charge in [-0.05, 0) is 13.3 Å². The molecule has 0 unspecified atom stereocenters. The summed E-state index contributed by atoms with van der Waals surface area (Å²) < 4.78 is 0. The molecule has 110 valence electrons. The van der Waals surface area contributed by atoms with E-state index in [1.165, 1.54) is 4.90 Å². The number of nitrogens with zero attached hydrogens (tertiary/aromatic N) is 1. The van der Waals surface area contributed by atoms with Crippen LogP contribution in [0.1, 0.15) is 33.1 Å². The van der Waals surface area contributed by atoms with Crippen molar-refractivity contribution in [2.24, 2.45) is 0 Å². The van der Waals surface area contributed by atoms with E-state index in [2.05, 4.69) is 10.6 Å². The number of hydrogen-bond donors (Lipinski definition) is 3. The predicted octanol–water partition coefficient (Wildman–Crippen LogP) is 0.409. The van der Waals surface area contributed by atoms with Crippen molar-refractivity contribution in [2.45, 2.75) is 33.1 Å². The first kappa shape index (κ1) is 17.2. The highest BCUT2D eigenvalue weighted by Gasteiger charge is 2.12. The molecule has 0 aromatic rings. The Balaban J connectivity index is 3.87. The molecule has 0 rings (SSSR count). The van der Waals surface area contributed by atoms with Crippen LogP contribution in [0.4, 0.5) is 4.79 Å². The van der Waals surface area contributed by atoms with Gasteiger partial charge in [0.15, 0.2) is 0 Å². The summed E-state index contributed by atoms with van der Waals surface area (Å²) >= 11 is 0. The number of aliphatic carboxylic acids is 1. The minimum absolute atomic E-state index is 0.0851. The number of urea groups is 1. The predicted molar refractivity (Wildman–Crippen MR) is 70.8 cm³/mol. The van der Waals surface area contributed by atoms with Gasteiger partial charge in [0.25, 0.3) is 0 Å². The van der Waals surface area contributed by atoms with Crippen LogP contribution in [0.5, 0.6) is 0 Å². The molecule has 0 heterocycles. The zero-order valence-electron chi connectivity index (χ0n) is 11.6. The van der Waals surface area contributed by atoms with Gasteiger partial charge < -0.3 is 20.6 Å². The molecule has 0 spiro atoms. The zero-order valence-corrected chi connectivity index (χ0v) is 11.6. The molecule has 7 nitrogen and oxygen atoms in total. The smallest absolute Gasteiger partial charge is 0.317 e. The van der Waals surface area contributed by atoms with Crippen LogP contribution < -0.4 is 10.6 Å². The number of hydrogen-bond acceptors (Lipinski definition) is 3. The number of nitrogens with one attached hydrogen (secondary N) is 2. The fraction of sp³-hybridized carbons (Fsp3) is 0.750. The van der Waals surface area contributed by atoms with E-state index in [1.807, 2.05) is 6.92 Å². The molecule has 0 aliphatic carbocycles. The lowest BCUT2D eigenvalue weighted by molar-refractivity contribution is -0.137. The molecule has 0 bridgehead atoms. The molecule has 0 saturated heterocycles. The molecule has 0 atom stereocenters. The molecule has 19 heavy (non-hydrogen) atoms. The molecule has 0 aromatic heterocycles. The minimum Gasteiger partial charge on any atom is -0.481 e. The molecule has 0 fully saturated rings. The summed E-state index contributed by atoms with van der Waals surface area (Å²) in [6, 6.07) is -0.341. The molecular formula is C12H23N3O4. The molecule has 7 heteroatoms. The van der Waals surface area contributed by atoms with E-state index in [9.17, 15) is 14.4 Å². The quantitative estimate of drug-likeness (QED) is 0.566. The maximum Gasteiger partial charge on any atom is 0.317 e. The Bertz CT molecular complexity index is 307. The summed E-state index contributed by atoms with van der Waals surface area (Å²) in [5.41, 5.74) is 0. The van der Waals surface area contributed by atoms with E-state index in [1.54, 1.807) is 6.92 Å². The Labute approximate surface area is 113 Å². The number of amides is 3. The number of carboxylic acid groups (broad SMARTS) is 1. The van der Waals surface area contributed by atoms with Gasteiger partial charge in [0.1, 0.15) is 0 Å². The van der Waals surface area contributed by atoms with Crippen molar-refractivity contribution >= 4 is 17.9 Å². The van der Waals surface area contributed by atoms with Crippen molar-refractivity contribution in [3.8, 4) is 0 Å². The third-order valence-electron chi connectivity index (χ3n) is 2.46. The molecule has 0 saturated carbocycles. The van der Waals surface area contributed by atoms with Gasteiger partial charge in [-0.1, -0.05) is 6.92 Å². The number of rotatable bonds is 9. The van der Waals surface area contributed by atoms with E-state index < -0.39 is 5.97 Å². The molecule has 0 aliphatic heterocycles. The highest BCUT2D eigenvalue weighted by Crippen LogP contribution is 1.93. The minimum atomic E-state index is -0.940. The monoisotopic (exact) mass is 273 g/mol. The fourth-order valence-corrected chi connectivity index (χ4v) is 1.38.